The zero-order valence-corrected chi connectivity index (χ0v) is 14.2. The van der Waals surface area contributed by atoms with Crippen LogP contribution in [0, 0.1) is 0 Å². The van der Waals surface area contributed by atoms with E-state index in [2.05, 4.69) is 21.5 Å². The van der Waals surface area contributed by atoms with E-state index >= 15 is 0 Å². The Morgan fingerprint density at radius 2 is 2.21 bits per heavy atom. The van der Waals surface area contributed by atoms with Crippen molar-refractivity contribution in [1.29, 1.82) is 0 Å². The lowest BCUT2D eigenvalue weighted by Gasteiger charge is -2.24. The number of carbonyl (C=O) groups is 2. The van der Waals surface area contributed by atoms with Gasteiger partial charge in [-0.15, -0.1) is 0 Å². The van der Waals surface area contributed by atoms with Crippen LogP contribution in [0.1, 0.15) is 33.3 Å². The predicted molar refractivity (Wildman–Crippen MR) is 91.1 cm³/mol. The summed E-state index contributed by atoms with van der Waals surface area (Å²) in [6.07, 6.45) is 3.58. The van der Waals surface area contributed by atoms with Crippen LogP contribution >= 0.6 is 11.3 Å². The summed E-state index contributed by atoms with van der Waals surface area (Å²) in [7, 11) is 1.75. The summed E-state index contributed by atoms with van der Waals surface area (Å²) < 4.78 is 1.36. The maximum absolute atomic E-state index is 12.8. The fourth-order valence-corrected chi connectivity index (χ4v) is 3.18. The minimum Gasteiger partial charge on any atom is -0.365 e. The summed E-state index contributed by atoms with van der Waals surface area (Å²) in [4.78, 5) is 30.0. The SMILES string of the molecule is CC(Cc1ccsc1)N(C)C(=O)c1ccnc2c(C(N)=O)cnn12. The normalized spacial score (nSPS) is 12.2. The topological polar surface area (TPSA) is 93.6 Å². The van der Waals surface area contributed by atoms with Gasteiger partial charge in [0.25, 0.3) is 11.8 Å². The number of primary amides is 1. The van der Waals surface area contributed by atoms with Gasteiger partial charge in [0, 0.05) is 19.3 Å². The first-order valence-electron chi connectivity index (χ1n) is 7.40. The van der Waals surface area contributed by atoms with Crippen molar-refractivity contribution in [2.75, 3.05) is 7.05 Å². The van der Waals surface area contributed by atoms with Crippen molar-refractivity contribution in [2.45, 2.75) is 19.4 Å². The van der Waals surface area contributed by atoms with Gasteiger partial charge in [0.1, 0.15) is 11.3 Å². The molecule has 0 saturated heterocycles. The molecule has 1 atom stereocenters. The molecule has 3 rings (SSSR count). The largest absolute Gasteiger partial charge is 0.365 e. The van der Waals surface area contributed by atoms with E-state index in [9.17, 15) is 9.59 Å². The molecule has 124 valence electrons. The molecule has 0 saturated carbocycles. The predicted octanol–water partition coefficient (Wildman–Crippen LogP) is 1.59. The number of nitrogens with two attached hydrogens (primary N) is 1. The second-order valence-electron chi connectivity index (χ2n) is 5.59. The van der Waals surface area contributed by atoms with E-state index in [4.69, 9.17) is 5.73 Å². The number of hydrogen-bond donors (Lipinski definition) is 1. The lowest BCUT2D eigenvalue weighted by atomic mass is 10.1. The number of nitrogens with zero attached hydrogens (tertiary/aromatic N) is 4. The van der Waals surface area contributed by atoms with E-state index in [0.29, 0.717) is 5.69 Å². The van der Waals surface area contributed by atoms with Gasteiger partial charge in [-0.1, -0.05) is 0 Å². The lowest BCUT2D eigenvalue weighted by molar-refractivity contribution is 0.0734. The van der Waals surface area contributed by atoms with Gasteiger partial charge in [-0.25, -0.2) is 9.50 Å². The quantitative estimate of drug-likeness (QED) is 0.761. The van der Waals surface area contributed by atoms with Crippen molar-refractivity contribution in [1.82, 2.24) is 19.5 Å². The average molecular weight is 343 g/mol. The molecule has 24 heavy (non-hydrogen) atoms. The fraction of sp³-hybridized carbons (Fsp3) is 0.250. The fourth-order valence-electron chi connectivity index (χ4n) is 2.49. The van der Waals surface area contributed by atoms with Gasteiger partial charge in [0.15, 0.2) is 5.65 Å². The summed E-state index contributed by atoms with van der Waals surface area (Å²) in [5.74, 6) is -0.814. The van der Waals surface area contributed by atoms with Crippen LogP contribution in [0.4, 0.5) is 0 Å². The van der Waals surface area contributed by atoms with Crippen molar-refractivity contribution < 1.29 is 9.59 Å². The van der Waals surface area contributed by atoms with Crippen molar-refractivity contribution in [3.63, 3.8) is 0 Å². The van der Waals surface area contributed by atoms with Crippen LogP contribution in [0.3, 0.4) is 0 Å². The molecule has 8 heteroatoms. The second-order valence-corrected chi connectivity index (χ2v) is 6.37. The van der Waals surface area contributed by atoms with Crippen molar-refractivity contribution >= 4 is 28.8 Å². The highest BCUT2D eigenvalue weighted by Gasteiger charge is 2.22. The number of thiophene rings is 1. The Morgan fingerprint density at radius 1 is 1.42 bits per heavy atom. The molecule has 3 aromatic rings. The first kappa shape index (κ1) is 16.1. The number of carbonyl (C=O) groups excluding carboxylic acids is 2. The maximum Gasteiger partial charge on any atom is 0.272 e. The number of likely N-dealkylation sites (N-methyl/N-ethyl adjacent to an activating group) is 1. The Hall–Kier alpha value is -2.74. The number of amides is 2. The van der Waals surface area contributed by atoms with Crippen molar-refractivity contribution in [2.24, 2.45) is 5.73 Å². The lowest BCUT2D eigenvalue weighted by Crippen LogP contribution is -2.37. The third-order valence-corrected chi connectivity index (χ3v) is 4.71. The Bertz CT molecular complexity index is 887. The van der Waals surface area contributed by atoms with Crippen LogP contribution in [0.15, 0.2) is 35.3 Å². The molecule has 1 unspecified atom stereocenters. The van der Waals surface area contributed by atoms with Gasteiger partial charge in [0.2, 0.25) is 0 Å². The first-order valence-corrected chi connectivity index (χ1v) is 8.34. The Kier molecular flexibility index (Phi) is 4.30. The summed E-state index contributed by atoms with van der Waals surface area (Å²) in [6, 6.07) is 3.65. The van der Waals surface area contributed by atoms with E-state index in [1.807, 2.05) is 12.3 Å². The molecule has 0 radical (unpaired) electrons. The van der Waals surface area contributed by atoms with Crippen LogP contribution in [-0.2, 0) is 6.42 Å². The van der Waals surface area contributed by atoms with Crippen LogP contribution in [-0.4, -0.2) is 44.4 Å². The number of aromatic nitrogens is 3. The van der Waals surface area contributed by atoms with Crippen molar-refractivity contribution in [3.05, 3.63) is 52.1 Å². The number of fused-ring (bicyclic) bond motifs is 1. The Morgan fingerprint density at radius 3 is 2.88 bits per heavy atom. The number of rotatable bonds is 5. The van der Waals surface area contributed by atoms with Gasteiger partial charge in [0.05, 0.1) is 6.20 Å². The molecule has 7 nitrogen and oxygen atoms in total. The molecule has 0 aliphatic rings. The second kappa shape index (κ2) is 6.40. The summed E-state index contributed by atoms with van der Waals surface area (Å²) in [5, 5.41) is 8.18. The molecule has 0 fully saturated rings. The molecule has 0 aromatic carbocycles. The van der Waals surface area contributed by atoms with E-state index in [1.165, 1.54) is 22.5 Å². The van der Waals surface area contributed by atoms with Crippen LogP contribution in [0.5, 0.6) is 0 Å². The zero-order valence-electron chi connectivity index (χ0n) is 13.3. The smallest absolute Gasteiger partial charge is 0.272 e. The highest BCUT2D eigenvalue weighted by Crippen LogP contribution is 2.15. The highest BCUT2D eigenvalue weighted by molar-refractivity contribution is 7.07. The molecular weight excluding hydrogens is 326 g/mol. The van der Waals surface area contributed by atoms with E-state index in [0.717, 1.165) is 6.42 Å². The minimum atomic E-state index is -0.624. The molecule has 0 bridgehead atoms. The van der Waals surface area contributed by atoms with Crippen LogP contribution < -0.4 is 5.73 Å². The number of hydrogen-bond acceptors (Lipinski definition) is 5. The summed E-state index contributed by atoms with van der Waals surface area (Å²) >= 11 is 1.64. The third-order valence-electron chi connectivity index (χ3n) is 3.98. The molecule has 0 aliphatic heterocycles. The highest BCUT2D eigenvalue weighted by atomic mass is 32.1. The molecule has 0 spiro atoms. The molecule has 3 heterocycles. The van der Waals surface area contributed by atoms with Gasteiger partial charge in [-0.05, 0) is 41.8 Å². The first-order chi connectivity index (χ1) is 11.5. The van der Waals surface area contributed by atoms with E-state index in [-0.39, 0.29) is 23.2 Å². The van der Waals surface area contributed by atoms with Gasteiger partial charge in [-0.3, -0.25) is 9.59 Å². The van der Waals surface area contributed by atoms with E-state index in [1.54, 1.807) is 29.4 Å². The van der Waals surface area contributed by atoms with Gasteiger partial charge >= 0.3 is 0 Å². The Balaban J connectivity index is 1.89. The summed E-state index contributed by atoms with van der Waals surface area (Å²) in [5.41, 5.74) is 7.32. The molecule has 2 N–H and O–H groups in total. The third kappa shape index (κ3) is 2.88. The molecule has 2 amide bonds. The van der Waals surface area contributed by atoms with Crippen molar-refractivity contribution in [3.8, 4) is 0 Å². The average Bonchev–Trinajstić information content (AvgIpc) is 3.22. The Labute approximate surface area is 142 Å². The van der Waals surface area contributed by atoms with Crippen LogP contribution in [0.25, 0.3) is 5.65 Å². The monoisotopic (exact) mass is 343 g/mol. The molecule has 3 aromatic heterocycles. The maximum atomic E-state index is 12.8. The zero-order chi connectivity index (χ0) is 17.3. The molecule has 0 aliphatic carbocycles. The van der Waals surface area contributed by atoms with Gasteiger partial charge < -0.3 is 10.6 Å². The standard InChI is InChI=1S/C16H17N5O2S/c1-10(7-11-4-6-24-9-11)20(2)16(23)13-3-5-18-15-12(14(17)22)8-19-21(13)15/h3-6,8-10H,7H2,1-2H3,(H2,17,22). The van der Waals surface area contributed by atoms with Crippen LogP contribution in [0.2, 0.25) is 0 Å². The molecular formula is C16H17N5O2S. The minimum absolute atomic E-state index is 0.0153. The summed E-state index contributed by atoms with van der Waals surface area (Å²) in [6.45, 7) is 1.99. The van der Waals surface area contributed by atoms with E-state index < -0.39 is 5.91 Å². The van der Waals surface area contributed by atoms with Gasteiger partial charge in [-0.2, -0.15) is 16.4 Å².